The van der Waals surface area contributed by atoms with E-state index in [0.717, 1.165) is 30.5 Å². The van der Waals surface area contributed by atoms with Crippen LogP contribution >= 0.6 is 0 Å². The van der Waals surface area contributed by atoms with Crippen LogP contribution in [0.15, 0.2) is 18.2 Å². The van der Waals surface area contributed by atoms with Gasteiger partial charge in [0.25, 0.3) is 0 Å². The van der Waals surface area contributed by atoms with Gasteiger partial charge >= 0.3 is 0 Å². The number of anilines is 1. The predicted molar refractivity (Wildman–Crippen MR) is 76.8 cm³/mol. The molecule has 1 unspecified atom stereocenters. The second-order valence-electron chi connectivity index (χ2n) is 4.94. The van der Waals surface area contributed by atoms with Gasteiger partial charge in [0.1, 0.15) is 0 Å². The Balaban J connectivity index is 2.79. The average Bonchev–Trinajstić information content (AvgIpc) is 2.34. The average molecular weight is 248 g/mol. The van der Waals surface area contributed by atoms with Crippen molar-refractivity contribution in [2.24, 2.45) is 5.73 Å². The van der Waals surface area contributed by atoms with Gasteiger partial charge in [-0.2, -0.15) is 0 Å². The van der Waals surface area contributed by atoms with E-state index in [2.05, 4.69) is 13.0 Å². The Kier molecular flexibility index (Phi) is 5.35. The molecule has 1 rings (SSSR count). The first-order valence-electron chi connectivity index (χ1n) is 6.57. The SMILES string of the molecule is CCCCC(N)C(=O)N(C)c1ccc(C)cc1C. The summed E-state index contributed by atoms with van der Waals surface area (Å²) in [5, 5.41) is 0. The molecular weight excluding hydrogens is 224 g/mol. The highest BCUT2D eigenvalue weighted by Crippen LogP contribution is 2.20. The quantitative estimate of drug-likeness (QED) is 0.871. The van der Waals surface area contributed by atoms with E-state index in [4.69, 9.17) is 5.73 Å². The Morgan fingerprint density at radius 1 is 1.39 bits per heavy atom. The third kappa shape index (κ3) is 3.57. The van der Waals surface area contributed by atoms with E-state index in [-0.39, 0.29) is 5.91 Å². The van der Waals surface area contributed by atoms with Crippen molar-refractivity contribution in [1.29, 1.82) is 0 Å². The fourth-order valence-electron chi connectivity index (χ4n) is 2.10. The summed E-state index contributed by atoms with van der Waals surface area (Å²) in [5.41, 5.74) is 9.18. The van der Waals surface area contributed by atoms with Crippen molar-refractivity contribution in [3.05, 3.63) is 29.3 Å². The van der Waals surface area contributed by atoms with Crippen molar-refractivity contribution in [3.63, 3.8) is 0 Å². The van der Waals surface area contributed by atoms with E-state index in [9.17, 15) is 4.79 Å². The molecule has 0 fully saturated rings. The lowest BCUT2D eigenvalue weighted by Crippen LogP contribution is -2.42. The van der Waals surface area contributed by atoms with Crippen LogP contribution in [-0.4, -0.2) is 19.0 Å². The number of hydrogen-bond acceptors (Lipinski definition) is 2. The molecule has 0 saturated carbocycles. The highest BCUT2D eigenvalue weighted by atomic mass is 16.2. The number of carbonyl (C=O) groups is 1. The Morgan fingerprint density at radius 2 is 2.06 bits per heavy atom. The van der Waals surface area contributed by atoms with Gasteiger partial charge in [0, 0.05) is 12.7 Å². The van der Waals surface area contributed by atoms with Gasteiger partial charge in [0.15, 0.2) is 0 Å². The molecule has 0 bridgehead atoms. The fraction of sp³-hybridized carbons (Fsp3) is 0.533. The first-order chi connectivity index (χ1) is 8.47. The van der Waals surface area contributed by atoms with Gasteiger partial charge in [-0.05, 0) is 31.9 Å². The molecule has 0 radical (unpaired) electrons. The van der Waals surface area contributed by atoms with Crippen LogP contribution in [0, 0.1) is 13.8 Å². The minimum atomic E-state index is -0.393. The van der Waals surface area contributed by atoms with Crippen LogP contribution in [0.1, 0.15) is 37.3 Å². The molecule has 0 aliphatic rings. The number of hydrogen-bond donors (Lipinski definition) is 1. The van der Waals surface area contributed by atoms with Crippen LogP contribution in [0.25, 0.3) is 0 Å². The predicted octanol–water partition coefficient (Wildman–Crippen LogP) is 2.78. The summed E-state index contributed by atoms with van der Waals surface area (Å²) in [6, 6.07) is 5.69. The van der Waals surface area contributed by atoms with Crippen molar-refractivity contribution in [1.82, 2.24) is 0 Å². The first kappa shape index (κ1) is 14.7. The van der Waals surface area contributed by atoms with Crippen LogP contribution in [-0.2, 0) is 4.79 Å². The van der Waals surface area contributed by atoms with Crippen molar-refractivity contribution in [2.75, 3.05) is 11.9 Å². The third-order valence-electron chi connectivity index (χ3n) is 3.23. The zero-order chi connectivity index (χ0) is 13.7. The molecule has 0 aliphatic heterocycles. The normalized spacial score (nSPS) is 12.3. The Bertz CT molecular complexity index is 415. The van der Waals surface area contributed by atoms with Crippen LogP contribution in [0.3, 0.4) is 0 Å². The van der Waals surface area contributed by atoms with E-state index in [1.54, 1.807) is 11.9 Å². The number of likely N-dealkylation sites (N-methyl/N-ethyl adjacent to an activating group) is 1. The van der Waals surface area contributed by atoms with Crippen LogP contribution in [0.4, 0.5) is 5.69 Å². The molecule has 3 heteroatoms. The topological polar surface area (TPSA) is 46.3 Å². The molecular formula is C15H24N2O. The number of amides is 1. The molecule has 3 nitrogen and oxygen atoms in total. The Labute approximate surface area is 110 Å². The number of nitrogens with two attached hydrogens (primary N) is 1. The number of nitrogens with zero attached hydrogens (tertiary/aromatic N) is 1. The number of benzene rings is 1. The number of carbonyl (C=O) groups excluding carboxylic acids is 1. The van der Waals surface area contributed by atoms with Gasteiger partial charge in [0.2, 0.25) is 5.91 Å². The van der Waals surface area contributed by atoms with Gasteiger partial charge in [-0.15, -0.1) is 0 Å². The smallest absolute Gasteiger partial charge is 0.243 e. The van der Waals surface area contributed by atoms with Gasteiger partial charge in [0.05, 0.1) is 6.04 Å². The summed E-state index contributed by atoms with van der Waals surface area (Å²) < 4.78 is 0. The maximum Gasteiger partial charge on any atom is 0.243 e. The van der Waals surface area contributed by atoms with E-state index >= 15 is 0 Å². The molecule has 2 N–H and O–H groups in total. The monoisotopic (exact) mass is 248 g/mol. The fourth-order valence-corrected chi connectivity index (χ4v) is 2.10. The molecule has 1 aromatic rings. The maximum absolute atomic E-state index is 12.2. The number of rotatable bonds is 5. The van der Waals surface area contributed by atoms with Gasteiger partial charge in [-0.1, -0.05) is 37.5 Å². The van der Waals surface area contributed by atoms with E-state index in [1.165, 1.54) is 5.56 Å². The molecule has 0 aromatic heterocycles. The van der Waals surface area contributed by atoms with Crippen molar-refractivity contribution >= 4 is 11.6 Å². The second-order valence-corrected chi connectivity index (χ2v) is 4.94. The molecule has 0 heterocycles. The highest BCUT2D eigenvalue weighted by Gasteiger charge is 2.19. The standard InChI is InChI=1S/C15H24N2O/c1-5-6-7-13(16)15(18)17(4)14-9-8-11(2)10-12(14)3/h8-10,13H,5-7,16H2,1-4H3. The summed E-state index contributed by atoms with van der Waals surface area (Å²) in [4.78, 5) is 13.9. The zero-order valence-corrected chi connectivity index (χ0v) is 11.9. The lowest BCUT2D eigenvalue weighted by molar-refractivity contribution is -0.119. The minimum absolute atomic E-state index is 0.00426. The number of aryl methyl sites for hydroxylation is 2. The van der Waals surface area contributed by atoms with Gasteiger partial charge < -0.3 is 10.6 Å². The third-order valence-corrected chi connectivity index (χ3v) is 3.23. The van der Waals surface area contributed by atoms with Crippen molar-refractivity contribution < 1.29 is 4.79 Å². The Hall–Kier alpha value is -1.35. The van der Waals surface area contributed by atoms with Crippen LogP contribution < -0.4 is 10.6 Å². The Morgan fingerprint density at radius 3 is 2.61 bits per heavy atom. The molecule has 0 saturated heterocycles. The summed E-state index contributed by atoms with van der Waals surface area (Å²) in [5.74, 6) is -0.00426. The lowest BCUT2D eigenvalue weighted by Gasteiger charge is -2.23. The van der Waals surface area contributed by atoms with E-state index < -0.39 is 6.04 Å². The van der Waals surface area contributed by atoms with Gasteiger partial charge in [-0.25, -0.2) is 0 Å². The molecule has 0 spiro atoms. The van der Waals surface area contributed by atoms with Crippen LogP contribution in [0.5, 0.6) is 0 Å². The maximum atomic E-state index is 12.2. The van der Waals surface area contributed by atoms with E-state index in [0.29, 0.717) is 0 Å². The zero-order valence-electron chi connectivity index (χ0n) is 11.9. The molecule has 0 aliphatic carbocycles. The number of unbranched alkanes of at least 4 members (excludes halogenated alkanes) is 1. The lowest BCUT2D eigenvalue weighted by atomic mass is 10.1. The molecule has 1 aromatic carbocycles. The van der Waals surface area contributed by atoms with Crippen molar-refractivity contribution in [3.8, 4) is 0 Å². The summed E-state index contributed by atoms with van der Waals surface area (Å²) >= 11 is 0. The van der Waals surface area contributed by atoms with Crippen molar-refractivity contribution in [2.45, 2.75) is 46.1 Å². The largest absolute Gasteiger partial charge is 0.320 e. The summed E-state index contributed by atoms with van der Waals surface area (Å²) in [6.07, 6.45) is 2.81. The highest BCUT2D eigenvalue weighted by molar-refractivity contribution is 5.97. The molecule has 1 amide bonds. The second kappa shape index (κ2) is 6.55. The molecule has 100 valence electrons. The van der Waals surface area contributed by atoms with Crippen LogP contribution in [0.2, 0.25) is 0 Å². The molecule has 18 heavy (non-hydrogen) atoms. The summed E-state index contributed by atoms with van der Waals surface area (Å²) in [7, 11) is 1.80. The van der Waals surface area contributed by atoms with E-state index in [1.807, 2.05) is 26.0 Å². The first-order valence-corrected chi connectivity index (χ1v) is 6.57. The summed E-state index contributed by atoms with van der Waals surface area (Å²) in [6.45, 7) is 6.17. The molecule has 1 atom stereocenters. The minimum Gasteiger partial charge on any atom is -0.320 e. The van der Waals surface area contributed by atoms with Gasteiger partial charge in [-0.3, -0.25) is 4.79 Å².